The van der Waals surface area contributed by atoms with Crippen LogP contribution in [0, 0.1) is 10.1 Å². The number of nitro benzene ring substituents is 1. The number of rotatable bonds is 4. The van der Waals surface area contributed by atoms with Crippen LogP contribution in [0.2, 0.25) is 0 Å². The maximum absolute atomic E-state index is 11.9. The van der Waals surface area contributed by atoms with E-state index >= 15 is 0 Å². The zero-order valence-electron chi connectivity index (χ0n) is 12.4. The van der Waals surface area contributed by atoms with Crippen LogP contribution in [-0.4, -0.2) is 22.5 Å². The molecule has 3 rings (SSSR count). The highest BCUT2D eigenvalue weighted by molar-refractivity contribution is 6.00. The Morgan fingerprint density at radius 1 is 1.22 bits per heavy atom. The van der Waals surface area contributed by atoms with E-state index in [0.717, 1.165) is 11.3 Å². The van der Waals surface area contributed by atoms with Crippen molar-refractivity contribution in [1.29, 1.82) is 0 Å². The van der Waals surface area contributed by atoms with E-state index in [-0.39, 0.29) is 17.9 Å². The summed E-state index contributed by atoms with van der Waals surface area (Å²) < 4.78 is 4.93. The summed E-state index contributed by atoms with van der Waals surface area (Å²) in [6.07, 6.45) is 0. The molecule has 1 N–H and O–H groups in total. The lowest BCUT2D eigenvalue weighted by molar-refractivity contribution is -0.383. The molecule has 0 amide bonds. The van der Waals surface area contributed by atoms with Gasteiger partial charge in [0.2, 0.25) is 0 Å². The molecule has 0 aliphatic rings. The van der Waals surface area contributed by atoms with Gasteiger partial charge in [0.1, 0.15) is 5.52 Å². The van der Waals surface area contributed by atoms with Gasteiger partial charge >= 0.3 is 5.97 Å². The number of carbonyl (C=O) groups is 1. The molecular weight excluding hydrogens is 296 g/mol. The zero-order chi connectivity index (χ0) is 16.4. The number of fused-ring (bicyclic) bond motifs is 1. The van der Waals surface area contributed by atoms with Crippen LogP contribution in [0.15, 0.2) is 48.5 Å². The number of nitrogens with zero attached hydrogens (tertiary/aromatic N) is 1. The van der Waals surface area contributed by atoms with E-state index in [0.29, 0.717) is 10.9 Å². The zero-order valence-corrected chi connectivity index (χ0v) is 12.4. The first-order chi connectivity index (χ1) is 11.1. The van der Waals surface area contributed by atoms with Crippen molar-refractivity contribution in [2.75, 3.05) is 6.61 Å². The molecule has 0 fully saturated rings. The summed E-state index contributed by atoms with van der Waals surface area (Å²) in [5, 5.41) is 11.9. The molecule has 0 bridgehead atoms. The Bertz CT molecular complexity index is 884. The molecule has 0 saturated carbocycles. The Hall–Kier alpha value is -3.15. The normalized spacial score (nSPS) is 10.7. The monoisotopic (exact) mass is 310 g/mol. The molecule has 0 spiro atoms. The number of esters is 1. The molecule has 1 heterocycles. The van der Waals surface area contributed by atoms with Crippen molar-refractivity contribution < 1.29 is 14.5 Å². The molecule has 23 heavy (non-hydrogen) atoms. The van der Waals surface area contributed by atoms with Gasteiger partial charge in [-0.05, 0) is 24.6 Å². The Balaban J connectivity index is 2.18. The third kappa shape index (κ3) is 2.78. The van der Waals surface area contributed by atoms with Crippen molar-refractivity contribution in [1.82, 2.24) is 4.98 Å². The molecule has 0 unspecified atom stereocenters. The molecule has 116 valence electrons. The van der Waals surface area contributed by atoms with Crippen molar-refractivity contribution >= 4 is 22.6 Å². The number of benzene rings is 2. The SMILES string of the molecule is CCOC(=O)c1cc([N+](=O)[O-])c2[nH]c(-c3ccccc3)cc2c1. The van der Waals surface area contributed by atoms with Crippen molar-refractivity contribution in [2.45, 2.75) is 6.92 Å². The summed E-state index contributed by atoms with van der Waals surface area (Å²) >= 11 is 0. The third-order valence-corrected chi connectivity index (χ3v) is 3.50. The summed E-state index contributed by atoms with van der Waals surface area (Å²) in [6, 6.07) is 14.1. The molecule has 0 aliphatic heterocycles. The number of aromatic amines is 1. The summed E-state index contributed by atoms with van der Waals surface area (Å²) in [4.78, 5) is 25.8. The lowest BCUT2D eigenvalue weighted by Crippen LogP contribution is -2.05. The van der Waals surface area contributed by atoms with E-state index in [4.69, 9.17) is 4.74 Å². The highest BCUT2D eigenvalue weighted by Crippen LogP contribution is 2.31. The average Bonchev–Trinajstić information content (AvgIpc) is 2.98. The predicted molar refractivity (Wildman–Crippen MR) is 86.3 cm³/mol. The Labute approximate surface area is 131 Å². The van der Waals surface area contributed by atoms with E-state index in [1.54, 1.807) is 19.1 Å². The molecule has 6 heteroatoms. The third-order valence-electron chi connectivity index (χ3n) is 3.50. The fourth-order valence-corrected chi connectivity index (χ4v) is 2.47. The van der Waals surface area contributed by atoms with Crippen molar-refractivity contribution in [3.8, 4) is 11.3 Å². The lowest BCUT2D eigenvalue weighted by atomic mass is 10.1. The number of nitrogens with one attached hydrogen (secondary N) is 1. The number of hydrogen-bond acceptors (Lipinski definition) is 4. The molecule has 6 nitrogen and oxygen atoms in total. The number of aromatic nitrogens is 1. The highest BCUT2D eigenvalue weighted by Gasteiger charge is 2.20. The Morgan fingerprint density at radius 2 is 1.96 bits per heavy atom. The molecular formula is C17H14N2O4. The topological polar surface area (TPSA) is 85.2 Å². The molecule has 0 atom stereocenters. The van der Waals surface area contributed by atoms with Crippen LogP contribution >= 0.6 is 0 Å². The van der Waals surface area contributed by atoms with Crippen molar-refractivity contribution in [3.63, 3.8) is 0 Å². The largest absolute Gasteiger partial charge is 0.462 e. The Kier molecular flexibility index (Phi) is 3.80. The minimum absolute atomic E-state index is 0.146. The first-order valence-corrected chi connectivity index (χ1v) is 7.14. The van der Waals surface area contributed by atoms with Crippen LogP contribution < -0.4 is 0 Å². The summed E-state index contributed by atoms with van der Waals surface area (Å²) in [5.74, 6) is -0.569. The highest BCUT2D eigenvalue weighted by atomic mass is 16.6. The van der Waals surface area contributed by atoms with Gasteiger partial charge in [-0.2, -0.15) is 0 Å². The second kappa shape index (κ2) is 5.92. The van der Waals surface area contributed by atoms with E-state index in [2.05, 4.69) is 4.98 Å². The number of H-pyrrole nitrogens is 1. The predicted octanol–water partition coefficient (Wildman–Crippen LogP) is 3.92. The van der Waals surface area contributed by atoms with Gasteiger partial charge < -0.3 is 9.72 Å². The van der Waals surface area contributed by atoms with E-state index in [9.17, 15) is 14.9 Å². The van der Waals surface area contributed by atoms with Crippen LogP contribution in [-0.2, 0) is 4.74 Å². The standard InChI is InChI=1S/C17H14N2O4/c1-2-23-17(20)13-8-12-9-14(11-6-4-3-5-7-11)18-16(12)15(10-13)19(21)22/h3-10,18H,2H2,1H3. The molecule has 2 aromatic carbocycles. The van der Waals surface area contributed by atoms with Gasteiger partial charge in [0, 0.05) is 17.1 Å². The summed E-state index contributed by atoms with van der Waals surface area (Å²) in [5.41, 5.74) is 2.08. The summed E-state index contributed by atoms with van der Waals surface area (Å²) in [7, 11) is 0. The van der Waals surface area contributed by atoms with E-state index in [1.165, 1.54) is 6.07 Å². The Morgan fingerprint density at radius 3 is 2.61 bits per heavy atom. The van der Waals surface area contributed by atoms with E-state index < -0.39 is 10.9 Å². The van der Waals surface area contributed by atoms with Gasteiger partial charge in [0.25, 0.3) is 5.69 Å². The van der Waals surface area contributed by atoms with Gasteiger partial charge in [0.15, 0.2) is 0 Å². The lowest BCUT2D eigenvalue weighted by Gasteiger charge is -2.02. The van der Waals surface area contributed by atoms with Gasteiger partial charge in [-0.1, -0.05) is 30.3 Å². The number of carbonyl (C=O) groups excluding carboxylic acids is 1. The van der Waals surface area contributed by atoms with Crippen LogP contribution in [0.25, 0.3) is 22.2 Å². The first kappa shape index (κ1) is 14.8. The smallest absolute Gasteiger partial charge is 0.338 e. The van der Waals surface area contributed by atoms with Gasteiger partial charge in [-0.25, -0.2) is 4.79 Å². The number of ether oxygens (including phenoxy) is 1. The minimum Gasteiger partial charge on any atom is -0.462 e. The fraction of sp³-hybridized carbons (Fsp3) is 0.118. The van der Waals surface area contributed by atoms with Gasteiger partial charge in [-0.3, -0.25) is 10.1 Å². The van der Waals surface area contributed by atoms with Crippen molar-refractivity contribution in [3.05, 3.63) is 64.2 Å². The van der Waals surface area contributed by atoms with Gasteiger partial charge in [0.05, 0.1) is 17.1 Å². The maximum Gasteiger partial charge on any atom is 0.338 e. The minimum atomic E-state index is -0.569. The molecule has 0 saturated heterocycles. The second-order valence-electron chi connectivity index (χ2n) is 4.99. The first-order valence-electron chi connectivity index (χ1n) is 7.14. The second-order valence-corrected chi connectivity index (χ2v) is 4.99. The van der Waals surface area contributed by atoms with Crippen LogP contribution in [0.3, 0.4) is 0 Å². The molecule has 0 radical (unpaired) electrons. The van der Waals surface area contributed by atoms with Crippen LogP contribution in [0.1, 0.15) is 17.3 Å². The van der Waals surface area contributed by atoms with Crippen LogP contribution in [0.5, 0.6) is 0 Å². The summed E-state index contributed by atoms with van der Waals surface area (Å²) in [6.45, 7) is 1.90. The number of nitro groups is 1. The fourth-order valence-electron chi connectivity index (χ4n) is 2.47. The van der Waals surface area contributed by atoms with Crippen LogP contribution in [0.4, 0.5) is 5.69 Å². The average molecular weight is 310 g/mol. The van der Waals surface area contributed by atoms with E-state index in [1.807, 2.05) is 30.3 Å². The molecule has 1 aromatic heterocycles. The quantitative estimate of drug-likeness (QED) is 0.449. The number of non-ortho nitro benzene ring substituents is 1. The number of hydrogen-bond donors (Lipinski definition) is 1. The van der Waals surface area contributed by atoms with Crippen molar-refractivity contribution in [2.24, 2.45) is 0 Å². The van der Waals surface area contributed by atoms with Gasteiger partial charge in [-0.15, -0.1) is 0 Å². The molecule has 3 aromatic rings. The molecule has 0 aliphatic carbocycles. The maximum atomic E-state index is 11.9.